The number of allylic oxidation sites excluding steroid dienone is 4. The summed E-state index contributed by atoms with van der Waals surface area (Å²) < 4.78 is 19.3. The second-order valence-corrected chi connectivity index (χ2v) is 11.2. The first-order valence-corrected chi connectivity index (χ1v) is 13.8. The molecule has 0 N–H and O–H groups in total. The molecule has 31 heavy (non-hydrogen) atoms. The van der Waals surface area contributed by atoms with Crippen LogP contribution in [0.15, 0.2) is 50.6 Å². The Balaban J connectivity index is 3.26. The number of ether oxygens (including phenoxy) is 1. The van der Waals surface area contributed by atoms with Crippen molar-refractivity contribution in [2.45, 2.75) is 94.8 Å². The molecule has 0 aromatic heterocycles. The topological polar surface area (TPSA) is 27.7 Å². The average molecular weight is 445 g/mol. The van der Waals surface area contributed by atoms with Gasteiger partial charge in [-0.15, -0.1) is 26.3 Å². The zero-order valence-corrected chi connectivity index (χ0v) is 20.8. The van der Waals surface area contributed by atoms with Crippen LogP contribution in [0.2, 0.25) is 5.54 Å². The van der Waals surface area contributed by atoms with Gasteiger partial charge in [0.25, 0.3) is 0 Å². The minimum absolute atomic E-state index is 0.111. The molecule has 0 saturated heterocycles. The van der Waals surface area contributed by atoms with E-state index in [9.17, 15) is 0 Å². The van der Waals surface area contributed by atoms with Gasteiger partial charge in [0.15, 0.2) is 0 Å². The highest BCUT2D eigenvalue weighted by Gasteiger charge is 2.49. The average Bonchev–Trinajstić information content (AvgIpc) is 3.33. The number of rotatable bonds is 18. The fourth-order valence-electron chi connectivity index (χ4n) is 4.15. The van der Waals surface area contributed by atoms with Gasteiger partial charge in [0.1, 0.15) is 6.61 Å². The van der Waals surface area contributed by atoms with Gasteiger partial charge in [0, 0.05) is 24.9 Å². The van der Waals surface area contributed by atoms with E-state index in [-0.39, 0.29) is 12.2 Å². The summed E-state index contributed by atoms with van der Waals surface area (Å²) in [5.41, 5.74) is 3.96. The van der Waals surface area contributed by atoms with Crippen molar-refractivity contribution < 1.29 is 13.6 Å². The normalized spacial score (nSPS) is 14.4. The largest absolute Gasteiger partial charge is 0.427 e. The maximum absolute atomic E-state index is 7.00. The van der Waals surface area contributed by atoms with E-state index >= 15 is 0 Å². The summed E-state index contributed by atoms with van der Waals surface area (Å²) in [7, 11) is -1.12. The molecule has 0 unspecified atom stereocenters. The smallest absolute Gasteiger partial charge is 0.382 e. The Kier molecular flexibility index (Phi) is 15.3. The van der Waals surface area contributed by atoms with Crippen LogP contribution in [0.4, 0.5) is 0 Å². The lowest BCUT2D eigenvalue weighted by molar-refractivity contribution is 0.0664. The summed E-state index contributed by atoms with van der Waals surface area (Å²) in [6.45, 7) is 16.0. The molecular weight excluding hydrogens is 400 g/mol. The van der Waals surface area contributed by atoms with E-state index in [4.69, 9.17) is 13.6 Å². The number of methoxy groups -OCH3 is 1. The van der Waals surface area contributed by atoms with Crippen molar-refractivity contribution in [3.63, 3.8) is 0 Å². The van der Waals surface area contributed by atoms with Crippen LogP contribution in [0.25, 0.3) is 0 Å². The van der Waals surface area contributed by atoms with Gasteiger partial charge in [-0.25, -0.2) is 0 Å². The zero-order valence-electron chi connectivity index (χ0n) is 19.8. The summed E-state index contributed by atoms with van der Waals surface area (Å²) in [6, 6.07) is 0. The van der Waals surface area contributed by atoms with Crippen LogP contribution in [0, 0.1) is 11.5 Å². The van der Waals surface area contributed by atoms with Crippen molar-refractivity contribution in [2.24, 2.45) is 0 Å². The van der Waals surface area contributed by atoms with Crippen LogP contribution in [-0.2, 0) is 13.6 Å². The van der Waals surface area contributed by atoms with Gasteiger partial charge in [0.2, 0.25) is 0 Å². The van der Waals surface area contributed by atoms with Crippen LogP contribution >= 0.6 is 0 Å². The highest BCUT2D eigenvalue weighted by Crippen LogP contribution is 2.42. The quantitative estimate of drug-likeness (QED) is 0.127. The van der Waals surface area contributed by atoms with Gasteiger partial charge in [-0.2, -0.15) is 0 Å². The van der Waals surface area contributed by atoms with E-state index in [1.807, 2.05) is 24.3 Å². The fourth-order valence-corrected chi connectivity index (χ4v) is 7.86. The lowest BCUT2D eigenvalue weighted by Gasteiger charge is -2.37. The molecule has 0 heterocycles. The molecule has 0 bridgehead atoms. The van der Waals surface area contributed by atoms with Crippen molar-refractivity contribution in [2.75, 3.05) is 13.7 Å². The van der Waals surface area contributed by atoms with Crippen molar-refractivity contribution in [1.29, 1.82) is 0 Å². The number of hydrogen-bond acceptors (Lipinski definition) is 3. The minimum atomic E-state index is -2.80. The summed E-state index contributed by atoms with van der Waals surface area (Å²) in [5, 5.41) is 0. The fraction of sp³-hybridized carbons (Fsp3) is 0.630. The van der Waals surface area contributed by atoms with Crippen LogP contribution in [-0.4, -0.2) is 34.5 Å². The summed E-state index contributed by atoms with van der Waals surface area (Å²) in [4.78, 5) is 0. The van der Waals surface area contributed by atoms with Gasteiger partial charge >= 0.3 is 8.56 Å². The van der Waals surface area contributed by atoms with Gasteiger partial charge in [-0.3, -0.25) is 0 Å². The zero-order chi connectivity index (χ0) is 22.8. The Morgan fingerprint density at radius 3 is 1.58 bits per heavy atom. The molecule has 1 aliphatic rings. The van der Waals surface area contributed by atoms with Crippen molar-refractivity contribution in [3.05, 3.63) is 50.6 Å². The molecule has 0 amide bonds. The molecule has 4 heteroatoms. The molecule has 0 atom stereocenters. The predicted octanol–water partition coefficient (Wildman–Crippen LogP) is 7.20. The summed E-state index contributed by atoms with van der Waals surface area (Å²) in [6.07, 6.45) is 20.3. The molecule has 3 nitrogen and oxygen atoms in total. The van der Waals surface area contributed by atoms with E-state index in [1.165, 1.54) is 12.8 Å². The molecule has 0 aromatic carbocycles. The molecule has 174 valence electrons. The maximum atomic E-state index is 7.00. The Morgan fingerprint density at radius 1 is 0.806 bits per heavy atom. The molecule has 1 saturated carbocycles. The lowest BCUT2D eigenvalue weighted by atomic mass is 10.1. The first-order valence-electron chi connectivity index (χ1n) is 11.9. The molecular formula is C27H44O3Si. The van der Waals surface area contributed by atoms with Crippen LogP contribution in [0.1, 0.15) is 77.0 Å². The Bertz CT molecular complexity index is 529. The predicted molar refractivity (Wildman–Crippen MR) is 135 cm³/mol. The molecule has 0 aromatic rings. The Labute approximate surface area is 192 Å². The molecule has 1 aliphatic carbocycles. The third-order valence-electron chi connectivity index (χ3n) is 5.83. The number of hydrogen-bond donors (Lipinski definition) is 0. The van der Waals surface area contributed by atoms with E-state index in [0.717, 1.165) is 64.2 Å². The van der Waals surface area contributed by atoms with E-state index in [0.29, 0.717) is 12.1 Å². The lowest BCUT2D eigenvalue weighted by Crippen LogP contribution is -2.50. The molecule has 0 radical (unpaired) electrons. The van der Waals surface area contributed by atoms with Gasteiger partial charge < -0.3 is 13.6 Å². The molecule has 0 spiro atoms. The monoisotopic (exact) mass is 444 g/mol. The third kappa shape index (κ3) is 10.7. The van der Waals surface area contributed by atoms with Crippen molar-refractivity contribution in [3.8, 4) is 11.5 Å². The first-order chi connectivity index (χ1) is 15.2. The summed E-state index contributed by atoms with van der Waals surface area (Å²) >= 11 is 0. The standard InChI is InChI=1S/C27H44O3Si/c1-6-10-17-25(18-11-7-2)29-31(24-16-23-28-5,27-21-14-15-22-27)30-26(19-12-8-3)20-13-9-4/h6-9,25-27H,1-4,10-15,17-23H2,5H3. The minimum Gasteiger partial charge on any atom is -0.382 e. The van der Waals surface area contributed by atoms with Crippen LogP contribution < -0.4 is 0 Å². The molecule has 1 rings (SSSR count). The molecule has 1 fully saturated rings. The second kappa shape index (κ2) is 17.2. The highest BCUT2D eigenvalue weighted by molar-refractivity contribution is 6.77. The third-order valence-corrected chi connectivity index (χ3v) is 9.37. The van der Waals surface area contributed by atoms with Gasteiger partial charge in [-0.1, -0.05) is 48.6 Å². The van der Waals surface area contributed by atoms with E-state index in [1.54, 1.807) is 7.11 Å². The first kappa shape index (κ1) is 27.7. The molecule has 0 aliphatic heterocycles. The van der Waals surface area contributed by atoms with Gasteiger partial charge in [0.05, 0.1) is 0 Å². The Morgan fingerprint density at radius 2 is 1.23 bits per heavy atom. The SMILES string of the molecule is C=CCCC(CCC=C)O[Si](C#CCOC)(OC(CCC=C)CCC=C)C1CCCC1. The van der Waals surface area contributed by atoms with E-state index in [2.05, 4.69) is 37.8 Å². The van der Waals surface area contributed by atoms with Crippen LogP contribution in [0.3, 0.4) is 0 Å². The van der Waals surface area contributed by atoms with E-state index < -0.39 is 8.56 Å². The van der Waals surface area contributed by atoms with Crippen LogP contribution in [0.5, 0.6) is 0 Å². The van der Waals surface area contributed by atoms with Gasteiger partial charge in [-0.05, 0) is 64.2 Å². The maximum Gasteiger partial charge on any atom is 0.427 e. The summed E-state index contributed by atoms with van der Waals surface area (Å²) in [5.74, 6) is 3.25. The second-order valence-electron chi connectivity index (χ2n) is 8.33. The highest BCUT2D eigenvalue weighted by atomic mass is 28.4. The van der Waals surface area contributed by atoms with Crippen molar-refractivity contribution >= 4 is 8.56 Å². The van der Waals surface area contributed by atoms with Crippen molar-refractivity contribution in [1.82, 2.24) is 0 Å². The Hall–Kier alpha value is -1.38.